The second-order valence-electron chi connectivity index (χ2n) is 3.87. The lowest BCUT2D eigenvalue weighted by Gasteiger charge is -2.14. The smallest absolute Gasteiger partial charge is 0.120 e. The molecule has 0 aliphatic carbocycles. The molecule has 2 N–H and O–H groups in total. The van der Waals surface area contributed by atoms with E-state index >= 15 is 0 Å². The second kappa shape index (κ2) is 6.92. The van der Waals surface area contributed by atoms with Gasteiger partial charge in [0.05, 0.1) is 6.61 Å². The highest BCUT2D eigenvalue weighted by molar-refractivity contribution is 9.10. The van der Waals surface area contributed by atoms with E-state index < -0.39 is 0 Å². The van der Waals surface area contributed by atoms with Crippen molar-refractivity contribution in [3.05, 3.63) is 28.2 Å². The summed E-state index contributed by atoms with van der Waals surface area (Å²) < 4.78 is 6.48. The summed E-state index contributed by atoms with van der Waals surface area (Å²) in [6, 6.07) is 6.14. The molecule has 0 spiro atoms. The number of halogens is 1. The van der Waals surface area contributed by atoms with Gasteiger partial charge in [-0.25, -0.2) is 0 Å². The number of hydrogen-bond acceptors (Lipinski definition) is 2. The van der Waals surface area contributed by atoms with Crippen LogP contribution < -0.4 is 10.5 Å². The van der Waals surface area contributed by atoms with Crippen molar-refractivity contribution in [1.82, 2.24) is 0 Å². The lowest BCUT2D eigenvalue weighted by Crippen LogP contribution is -2.10. The molecule has 0 aliphatic rings. The van der Waals surface area contributed by atoms with Crippen molar-refractivity contribution in [3.63, 3.8) is 0 Å². The van der Waals surface area contributed by atoms with Gasteiger partial charge >= 0.3 is 0 Å². The lowest BCUT2D eigenvalue weighted by atomic mass is 10.0. The first kappa shape index (κ1) is 13.5. The van der Waals surface area contributed by atoms with Crippen LogP contribution in [-0.4, -0.2) is 6.61 Å². The first-order valence-electron chi connectivity index (χ1n) is 5.86. The summed E-state index contributed by atoms with van der Waals surface area (Å²) in [7, 11) is 0. The molecule has 3 heteroatoms. The molecule has 2 nitrogen and oxygen atoms in total. The topological polar surface area (TPSA) is 35.2 Å². The fourth-order valence-corrected chi connectivity index (χ4v) is 2.30. The molecular formula is C13H20BrNO. The Balaban J connectivity index is 2.73. The van der Waals surface area contributed by atoms with Crippen LogP contribution in [-0.2, 0) is 0 Å². The normalized spacial score (nSPS) is 12.5. The Hall–Kier alpha value is -0.540. The van der Waals surface area contributed by atoms with Gasteiger partial charge in [-0.3, -0.25) is 0 Å². The summed E-state index contributed by atoms with van der Waals surface area (Å²) >= 11 is 3.55. The molecule has 1 aromatic rings. The van der Waals surface area contributed by atoms with Crippen LogP contribution in [0.2, 0.25) is 0 Å². The predicted octanol–water partition coefficient (Wildman–Crippen LogP) is 4.04. The number of rotatable bonds is 6. The maximum atomic E-state index is 6.14. The molecule has 1 unspecified atom stereocenters. The second-order valence-corrected chi connectivity index (χ2v) is 4.72. The van der Waals surface area contributed by atoms with Crippen molar-refractivity contribution in [2.24, 2.45) is 5.73 Å². The molecule has 0 bridgehead atoms. The van der Waals surface area contributed by atoms with Crippen molar-refractivity contribution in [2.45, 2.75) is 39.2 Å². The van der Waals surface area contributed by atoms with Crippen LogP contribution in [0, 0.1) is 0 Å². The number of ether oxygens (including phenoxy) is 1. The Kier molecular flexibility index (Phi) is 5.85. The fourth-order valence-electron chi connectivity index (χ4n) is 1.64. The molecule has 0 aliphatic heterocycles. The van der Waals surface area contributed by atoms with E-state index in [1.54, 1.807) is 0 Å². The Morgan fingerprint density at radius 3 is 2.69 bits per heavy atom. The number of nitrogens with two attached hydrogens (primary N) is 1. The molecule has 1 rings (SSSR count). The van der Waals surface area contributed by atoms with Gasteiger partial charge in [0.2, 0.25) is 0 Å². The monoisotopic (exact) mass is 285 g/mol. The van der Waals surface area contributed by atoms with Gasteiger partial charge in [-0.15, -0.1) is 0 Å². The number of unbranched alkanes of at least 4 members (excludes halogenated alkanes) is 1. The Labute approximate surface area is 106 Å². The highest BCUT2D eigenvalue weighted by Gasteiger charge is 2.10. The summed E-state index contributed by atoms with van der Waals surface area (Å²) in [6.07, 6.45) is 3.38. The molecular weight excluding hydrogens is 266 g/mol. The number of benzene rings is 1. The van der Waals surface area contributed by atoms with Crippen LogP contribution in [0.15, 0.2) is 22.7 Å². The molecule has 0 fully saturated rings. The highest BCUT2D eigenvalue weighted by Crippen LogP contribution is 2.29. The summed E-state index contributed by atoms with van der Waals surface area (Å²) in [5, 5.41) is 0. The quantitative estimate of drug-likeness (QED) is 0.856. The van der Waals surface area contributed by atoms with Crippen molar-refractivity contribution in [1.29, 1.82) is 0 Å². The molecule has 16 heavy (non-hydrogen) atoms. The molecule has 1 atom stereocenters. The van der Waals surface area contributed by atoms with Crippen LogP contribution in [0.5, 0.6) is 5.75 Å². The third kappa shape index (κ3) is 3.80. The van der Waals surface area contributed by atoms with Crippen LogP contribution in [0.25, 0.3) is 0 Å². The van der Waals surface area contributed by atoms with E-state index in [0.717, 1.165) is 22.2 Å². The van der Waals surface area contributed by atoms with Gasteiger partial charge in [-0.1, -0.05) is 41.8 Å². The standard InChI is InChI=1S/C13H20BrNO/c1-3-5-6-13(15)11-8-7-10(16-4-2)9-12(11)14/h7-9,13H,3-6,15H2,1-2H3. The average molecular weight is 286 g/mol. The minimum absolute atomic E-state index is 0.116. The molecule has 0 radical (unpaired) electrons. The summed E-state index contributed by atoms with van der Waals surface area (Å²) in [5.41, 5.74) is 7.30. The van der Waals surface area contributed by atoms with Gasteiger partial charge < -0.3 is 10.5 Å². The van der Waals surface area contributed by atoms with Gasteiger partial charge in [-0.05, 0) is 31.0 Å². The molecule has 0 amide bonds. The van der Waals surface area contributed by atoms with Gasteiger partial charge in [-0.2, -0.15) is 0 Å². The lowest BCUT2D eigenvalue weighted by molar-refractivity contribution is 0.340. The minimum atomic E-state index is 0.116. The van der Waals surface area contributed by atoms with E-state index in [1.807, 2.05) is 19.1 Å². The Morgan fingerprint density at radius 1 is 1.38 bits per heavy atom. The van der Waals surface area contributed by atoms with Crippen molar-refractivity contribution >= 4 is 15.9 Å². The molecule has 0 heterocycles. The first-order chi connectivity index (χ1) is 7.69. The molecule has 1 aromatic carbocycles. The Bertz CT molecular complexity index is 328. The zero-order chi connectivity index (χ0) is 12.0. The molecule has 0 aromatic heterocycles. The van der Waals surface area contributed by atoms with Crippen LogP contribution in [0.4, 0.5) is 0 Å². The highest BCUT2D eigenvalue weighted by atomic mass is 79.9. The van der Waals surface area contributed by atoms with Crippen LogP contribution >= 0.6 is 15.9 Å². The summed E-state index contributed by atoms with van der Waals surface area (Å²) in [5.74, 6) is 0.890. The SMILES string of the molecule is CCCCC(N)c1ccc(OCC)cc1Br. The minimum Gasteiger partial charge on any atom is -0.494 e. The largest absolute Gasteiger partial charge is 0.494 e. The molecule has 90 valence electrons. The van der Waals surface area contributed by atoms with Gasteiger partial charge in [0.1, 0.15) is 5.75 Å². The third-order valence-electron chi connectivity index (χ3n) is 2.55. The average Bonchev–Trinajstić information content (AvgIpc) is 2.26. The zero-order valence-corrected chi connectivity index (χ0v) is 11.6. The fraction of sp³-hybridized carbons (Fsp3) is 0.538. The maximum Gasteiger partial charge on any atom is 0.120 e. The summed E-state index contributed by atoms with van der Waals surface area (Å²) in [4.78, 5) is 0. The summed E-state index contributed by atoms with van der Waals surface area (Å²) in [6.45, 7) is 4.85. The predicted molar refractivity (Wildman–Crippen MR) is 71.8 cm³/mol. The van der Waals surface area contributed by atoms with E-state index in [0.29, 0.717) is 6.61 Å². The number of hydrogen-bond donors (Lipinski definition) is 1. The zero-order valence-electron chi connectivity index (χ0n) is 10.0. The van der Waals surface area contributed by atoms with Crippen molar-refractivity contribution < 1.29 is 4.74 Å². The molecule has 0 saturated heterocycles. The van der Waals surface area contributed by atoms with Crippen LogP contribution in [0.1, 0.15) is 44.7 Å². The van der Waals surface area contributed by atoms with E-state index in [4.69, 9.17) is 10.5 Å². The Morgan fingerprint density at radius 2 is 2.12 bits per heavy atom. The van der Waals surface area contributed by atoms with E-state index in [-0.39, 0.29) is 6.04 Å². The van der Waals surface area contributed by atoms with Gasteiger partial charge in [0.25, 0.3) is 0 Å². The van der Waals surface area contributed by atoms with Crippen LogP contribution in [0.3, 0.4) is 0 Å². The first-order valence-corrected chi connectivity index (χ1v) is 6.66. The maximum absolute atomic E-state index is 6.14. The van der Waals surface area contributed by atoms with Crippen molar-refractivity contribution in [3.8, 4) is 5.75 Å². The van der Waals surface area contributed by atoms with Crippen molar-refractivity contribution in [2.75, 3.05) is 6.61 Å². The van der Waals surface area contributed by atoms with E-state index in [9.17, 15) is 0 Å². The van der Waals surface area contributed by atoms with E-state index in [2.05, 4.69) is 28.9 Å². The van der Waals surface area contributed by atoms with Gasteiger partial charge in [0, 0.05) is 10.5 Å². The van der Waals surface area contributed by atoms with E-state index in [1.165, 1.54) is 12.8 Å². The third-order valence-corrected chi connectivity index (χ3v) is 3.24. The van der Waals surface area contributed by atoms with Gasteiger partial charge in [0.15, 0.2) is 0 Å². The molecule has 0 saturated carbocycles.